The second-order valence-corrected chi connectivity index (χ2v) is 11.0. The number of aldehydes is 1. The number of anilines is 1. The van der Waals surface area contributed by atoms with Gasteiger partial charge in [0.05, 0.1) is 17.3 Å². The molecular formula is C32H44N4O2. The zero-order valence-corrected chi connectivity index (χ0v) is 23.4. The van der Waals surface area contributed by atoms with E-state index in [0.717, 1.165) is 24.1 Å². The van der Waals surface area contributed by atoms with Crippen molar-refractivity contribution in [1.82, 2.24) is 14.7 Å². The Morgan fingerprint density at radius 2 is 1.84 bits per heavy atom. The van der Waals surface area contributed by atoms with E-state index >= 15 is 0 Å². The quantitative estimate of drug-likeness (QED) is 0.188. The number of amides is 1. The summed E-state index contributed by atoms with van der Waals surface area (Å²) in [5.41, 5.74) is 3.99. The summed E-state index contributed by atoms with van der Waals surface area (Å²) < 4.78 is 2.26. The minimum Gasteiger partial charge on any atom is -0.376 e. The van der Waals surface area contributed by atoms with Crippen LogP contribution in [0.25, 0.3) is 10.9 Å². The molecule has 0 spiro atoms. The van der Waals surface area contributed by atoms with Crippen LogP contribution in [0.5, 0.6) is 0 Å². The molecule has 1 amide bonds. The predicted octanol–water partition coefficient (Wildman–Crippen LogP) is 7.57. The highest BCUT2D eigenvalue weighted by molar-refractivity contribution is 5.94. The Hall–Kier alpha value is -3.15. The maximum absolute atomic E-state index is 12.7. The van der Waals surface area contributed by atoms with Crippen LogP contribution in [0.2, 0.25) is 0 Å². The van der Waals surface area contributed by atoms with Crippen molar-refractivity contribution in [1.29, 1.82) is 0 Å². The number of nitrogens with one attached hydrogen (secondary N) is 1. The molecule has 0 radical (unpaired) electrons. The summed E-state index contributed by atoms with van der Waals surface area (Å²) in [6.07, 6.45) is 12.3. The van der Waals surface area contributed by atoms with Gasteiger partial charge in [0.25, 0.3) is 5.91 Å². The summed E-state index contributed by atoms with van der Waals surface area (Å²) in [7, 11) is 1.74. The smallest absolute Gasteiger partial charge is 0.253 e. The highest BCUT2D eigenvalue weighted by Crippen LogP contribution is 2.39. The molecule has 1 saturated carbocycles. The highest BCUT2D eigenvalue weighted by atomic mass is 16.2. The summed E-state index contributed by atoms with van der Waals surface area (Å²) >= 11 is 0. The van der Waals surface area contributed by atoms with Crippen molar-refractivity contribution < 1.29 is 9.59 Å². The number of aromatic nitrogens is 2. The van der Waals surface area contributed by atoms with Gasteiger partial charge < -0.3 is 15.0 Å². The normalized spacial score (nSPS) is 15.8. The number of unbranched alkanes of at least 4 members (excludes halogenated alkanes) is 2. The molecule has 2 unspecified atom stereocenters. The first kappa shape index (κ1) is 27.9. The largest absolute Gasteiger partial charge is 0.376 e. The highest BCUT2D eigenvalue weighted by Gasteiger charge is 2.30. The molecular weight excluding hydrogens is 472 g/mol. The zero-order valence-electron chi connectivity index (χ0n) is 23.4. The molecule has 1 N–H and O–H groups in total. The molecule has 6 nitrogen and oxygen atoms in total. The molecule has 1 heterocycles. The lowest BCUT2D eigenvalue weighted by atomic mass is 9.82. The summed E-state index contributed by atoms with van der Waals surface area (Å²) in [6.45, 7) is 4.98. The number of nitrogens with zero attached hydrogens (tertiary/aromatic N) is 3. The van der Waals surface area contributed by atoms with Gasteiger partial charge in [0.2, 0.25) is 0 Å². The van der Waals surface area contributed by atoms with Crippen molar-refractivity contribution in [3.8, 4) is 0 Å². The molecule has 2 aromatic carbocycles. The Balaban J connectivity index is 1.62. The molecule has 0 saturated heterocycles. The number of fused-ring (bicyclic) bond motifs is 1. The number of carbonyl (C=O) groups is 2. The van der Waals surface area contributed by atoms with Crippen molar-refractivity contribution in [2.75, 3.05) is 18.9 Å². The van der Waals surface area contributed by atoms with Gasteiger partial charge in [-0.15, -0.1) is 0 Å². The van der Waals surface area contributed by atoms with E-state index in [9.17, 15) is 9.59 Å². The van der Waals surface area contributed by atoms with Crippen LogP contribution in [0.1, 0.15) is 106 Å². The number of hydrogen-bond acceptors (Lipinski definition) is 4. The van der Waals surface area contributed by atoms with Crippen molar-refractivity contribution in [3.05, 3.63) is 59.8 Å². The molecule has 3 aromatic rings. The van der Waals surface area contributed by atoms with Gasteiger partial charge in [-0.2, -0.15) is 5.10 Å². The number of hydrogen-bond donors (Lipinski definition) is 1. The van der Waals surface area contributed by atoms with Crippen LogP contribution in [-0.2, 0) is 4.79 Å². The third kappa shape index (κ3) is 6.64. The monoisotopic (exact) mass is 516 g/mol. The molecule has 204 valence electrons. The number of rotatable bonds is 13. The standard InChI is InChI=1S/C32H44N4O2/c1-4-5-7-13-24(2)36-29-17-11-10-16-28(29)31(34-36)30(25-14-8-6-9-15-25)33-27-20-18-26(19-21-27)32(38)35(3)22-12-23-37/h10-11,16-21,23-25,30,33H,4-9,12-15,22H2,1-3H3. The van der Waals surface area contributed by atoms with Gasteiger partial charge in [0.1, 0.15) is 6.29 Å². The van der Waals surface area contributed by atoms with Crippen molar-refractivity contribution in [2.45, 2.75) is 90.1 Å². The van der Waals surface area contributed by atoms with Gasteiger partial charge in [0.15, 0.2) is 0 Å². The van der Waals surface area contributed by atoms with Gasteiger partial charge in [-0.25, -0.2) is 0 Å². The van der Waals surface area contributed by atoms with E-state index in [1.54, 1.807) is 11.9 Å². The van der Waals surface area contributed by atoms with Crippen LogP contribution in [0.15, 0.2) is 48.5 Å². The lowest BCUT2D eigenvalue weighted by molar-refractivity contribution is -0.108. The Morgan fingerprint density at radius 1 is 1.11 bits per heavy atom. The Kier molecular flexibility index (Phi) is 9.97. The first-order valence-corrected chi connectivity index (χ1v) is 14.6. The summed E-state index contributed by atoms with van der Waals surface area (Å²) in [5.74, 6) is 0.450. The van der Waals surface area contributed by atoms with Crippen LogP contribution in [0, 0.1) is 5.92 Å². The Labute approximate surface area is 227 Å². The predicted molar refractivity (Wildman–Crippen MR) is 156 cm³/mol. The van der Waals surface area contributed by atoms with Crippen LogP contribution in [-0.4, -0.2) is 40.5 Å². The topological polar surface area (TPSA) is 67.2 Å². The molecule has 1 aromatic heterocycles. The molecule has 1 aliphatic rings. The molecule has 0 bridgehead atoms. The van der Waals surface area contributed by atoms with Crippen molar-refractivity contribution >= 4 is 28.8 Å². The second-order valence-electron chi connectivity index (χ2n) is 11.0. The molecule has 2 atom stereocenters. The molecule has 38 heavy (non-hydrogen) atoms. The van der Waals surface area contributed by atoms with E-state index in [4.69, 9.17) is 5.10 Å². The lowest BCUT2D eigenvalue weighted by Crippen LogP contribution is -2.28. The SMILES string of the molecule is CCCCCC(C)n1nc(C(Nc2ccc(C(=O)N(C)CCC=O)cc2)C2CCCCC2)c2ccccc21. The Morgan fingerprint density at radius 3 is 2.55 bits per heavy atom. The summed E-state index contributed by atoms with van der Waals surface area (Å²) in [4.78, 5) is 25.0. The first-order chi connectivity index (χ1) is 18.5. The van der Waals surface area contributed by atoms with Gasteiger partial charge in [-0.3, -0.25) is 9.48 Å². The van der Waals surface area contributed by atoms with E-state index in [-0.39, 0.29) is 11.9 Å². The molecule has 4 rings (SSSR count). The fourth-order valence-electron chi connectivity index (χ4n) is 5.83. The van der Waals surface area contributed by atoms with Gasteiger partial charge in [-0.05, 0) is 62.4 Å². The maximum Gasteiger partial charge on any atom is 0.253 e. The summed E-state index contributed by atoms with van der Waals surface area (Å²) in [6, 6.07) is 16.9. The number of para-hydroxylation sites is 1. The van der Waals surface area contributed by atoms with E-state index < -0.39 is 0 Å². The average molecular weight is 517 g/mol. The van der Waals surface area contributed by atoms with Gasteiger partial charge in [-0.1, -0.05) is 63.6 Å². The fourth-order valence-corrected chi connectivity index (χ4v) is 5.83. The van der Waals surface area contributed by atoms with E-state index in [2.05, 4.69) is 48.1 Å². The minimum absolute atomic E-state index is 0.0657. The lowest BCUT2D eigenvalue weighted by Gasteiger charge is -2.31. The molecule has 6 heteroatoms. The fraction of sp³-hybridized carbons (Fsp3) is 0.531. The first-order valence-electron chi connectivity index (χ1n) is 14.6. The maximum atomic E-state index is 12.7. The van der Waals surface area contributed by atoms with E-state index in [1.165, 1.54) is 62.3 Å². The Bertz CT molecular complexity index is 1180. The number of carbonyl (C=O) groups excluding carboxylic acids is 2. The van der Waals surface area contributed by atoms with E-state index in [0.29, 0.717) is 30.5 Å². The van der Waals surface area contributed by atoms with Crippen LogP contribution < -0.4 is 5.32 Å². The molecule has 0 aliphatic heterocycles. The van der Waals surface area contributed by atoms with Crippen molar-refractivity contribution in [2.24, 2.45) is 5.92 Å². The zero-order chi connectivity index (χ0) is 26.9. The minimum atomic E-state index is -0.0657. The van der Waals surface area contributed by atoms with E-state index in [1.807, 2.05) is 24.3 Å². The molecule has 1 aliphatic carbocycles. The second kappa shape index (κ2) is 13.6. The van der Waals surface area contributed by atoms with Gasteiger partial charge >= 0.3 is 0 Å². The van der Waals surface area contributed by atoms with Crippen LogP contribution in [0.3, 0.4) is 0 Å². The van der Waals surface area contributed by atoms with Crippen LogP contribution >= 0.6 is 0 Å². The average Bonchev–Trinajstić information content (AvgIpc) is 3.34. The van der Waals surface area contributed by atoms with Crippen molar-refractivity contribution in [3.63, 3.8) is 0 Å². The third-order valence-electron chi connectivity index (χ3n) is 8.08. The number of benzene rings is 2. The summed E-state index contributed by atoms with van der Waals surface area (Å²) in [5, 5.41) is 10.4. The van der Waals surface area contributed by atoms with Crippen LogP contribution in [0.4, 0.5) is 5.69 Å². The van der Waals surface area contributed by atoms with Gasteiger partial charge in [0, 0.05) is 42.7 Å². The third-order valence-corrected chi connectivity index (χ3v) is 8.08. The molecule has 1 fully saturated rings.